The van der Waals surface area contributed by atoms with Crippen LogP contribution in [0.3, 0.4) is 0 Å². The molecule has 0 aliphatic carbocycles. The third-order valence-corrected chi connectivity index (χ3v) is 6.02. The number of anilines is 1. The number of Topliss-reactive ketones (excluding diaryl/α,β-unsaturated/α-hetero) is 1. The normalized spacial score (nSPS) is 19.3. The molecule has 2 heterocycles. The molecule has 3 aromatic rings. The summed E-state index contributed by atoms with van der Waals surface area (Å²) in [6, 6.07) is 24.5. The highest BCUT2D eigenvalue weighted by Gasteiger charge is 2.56. The fraction of sp³-hybridized carbons (Fsp3) is 0.154. The van der Waals surface area contributed by atoms with E-state index >= 15 is 0 Å². The van der Waals surface area contributed by atoms with Crippen LogP contribution in [0.25, 0.3) is 0 Å². The Morgan fingerprint density at radius 1 is 0.909 bits per heavy atom. The second-order valence-corrected chi connectivity index (χ2v) is 7.91. The summed E-state index contributed by atoms with van der Waals surface area (Å²) in [5.74, 6) is -2.32. The van der Waals surface area contributed by atoms with E-state index in [9.17, 15) is 14.4 Å². The van der Waals surface area contributed by atoms with Crippen molar-refractivity contribution in [3.05, 3.63) is 96.1 Å². The van der Waals surface area contributed by atoms with Gasteiger partial charge >= 0.3 is 0 Å². The van der Waals surface area contributed by atoms with Crippen molar-refractivity contribution in [2.24, 2.45) is 11.0 Å². The minimum atomic E-state index is -0.980. The van der Waals surface area contributed by atoms with E-state index in [0.29, 0.717) is 11.4 Å². The Hall–Kier alpha value is -4.26. The lowest BCUT2D eigenvalue weighted by molar-refractivity contribution is -0.122. The van der Waals surface area contributed by atoms with Crippen molar-refractivity contribution in [3.63, 3.8) is 0 Å². The van der Waals surface area contributed by atoms with E-state index in [1.165, 1.54) is 7.11 Å². The number of carbonyl (C=O) groups excluding carboxylic acids is 3. The molecule has 0 saturated carbocycles. The van der Waals surface area contributed by atoms with Gasteiger partial charge in [0.2, 0.25) is 5.91 Å². The number of fused-ring (bicyclic) bond motifs is 1. The zero-order chi connectivity index (χ0) is 22.9. The molecule has 5 rings (SSSR count). The van der Waals surface area contributed by atoms with Crippen LogP contribution in [-0.2, 0) is 14.4 Å². The molecule has 0 bridgehead atoms. The summed E-state index contributed by atoms with van der Waals surface area (Å²) < 4.78 is 5.22. The summed E-state index contributed by atoms with van der Waals surface area (Å²) in [7, 11) is 1.51. The van der Waals surface area contributed by atoms with Gasteiger partial charge in [0.1, 0.15) is 23.4 Å². The molecule has 1 N–H and O–H groups in total. The third-order valence-electron chi connectivity index (χ3n) is 6.02. The van der Waals surface area contributed by atoms with Crippen molar-refractivity contribution < 1.29 is 19.1 Å². The van der Waals surface area contributed by atoms with E-state index in [1.807, 2.05) is 60.7 Å². The van der Waals surface area contributed by atoms with Gasteiger partial charge in [-0.15, -0.1) is 0 Å². The van der Waals surface area contributed by atoms with Crippen LogP contribution in [0.1, 0.15) is 17.0 Å². The van der Waals surface area contributed by atoms with Crippen LogP contribution in [0.5, 0.6) is 5.75 Å². The summed E-state index contributed by atoms with van der Waals surface area (Å²) in [6.45, 7) is 0. The van der Waals surface area contributed by atoms with E-state index in [-0.39, 0.29) is 11.5 Å². The number of ether oxygens (including phenoxy) is 1. The Morgan fingerprint density at radius 2 is 1.55 bits per heavy atom. The first-order valence-electron chi connectivity index (χ1n) is 10.6. The lowest BCUT2D eigenvalue weighted by Crippen LogP contribution is -2.36. The van der Waals surface area contributed by atoms with Crippen LogP contribution in [-0.4, -0.2) is 36.5 Å². The number of amides is 2. The number of nitrogens with one attached hydrogen (secondary N) is 1. The minimum absolute atomic E-state index is 0.0708. The molecule has 33 heavy (non-hydrogen) atoms. The lowest BCUT2D eigenvalue weighted by Gasteiger charge is -2.19. The smallest absolute Gasteiger partial charge is 0.259 e. The van der Waals surface area contributed by atoms with Gasteiger partial charge in [-0.3, -0.25) is 19.8 Å². The number of ketones is 1. The highest BCUT2D eigenvalue weighted by atomic mass is 16.5. The zero-order valence-corrected chi connectivity index (χ0v) is 17.8. The number of methoxy groups -OCH3 is 1. The van der Waals surface area contributed by atoms with Gasteiger partial charge in [0, 0.05) is 6.07 Å². The highest BCUT2D eigenvalue weighted by Crippen LogP contribution is 2.35. The summed E-state index contributed by atoms with van der Waals surface area (Å²) >= 11 is 0. The van der Waals surface area contributed by atoms with Crippen molar-refractivity contribution >= 4 is 29.0 Å². The molecule has 0 aromatic heterocycles. The van der Waals surface area contributed by atoms with E-state index in [4.69, 9.17) is 4.74 Å². The van der Waals surface area contributed by atoms with Crippen molar-refractivity contribution in [1.29, 1.82) is 0 Å². The molecule has 164 valence electrons. The summed E-state index contributed by atoms with van der Waals surface area (Å²) in [4.78, 5) is 41.4. The largest absolute Gasteiger partial charge is 0.497 e. The maximum absolute atomic E-state index is 13.8. The van der Waals surface area contributed by atoms with Crippen molar-refractivity contribution in [3.8, 4) is 5.75 Å². The van der Waals surface area contributed by atoms with Crippen LogP contribution >= 0.6 is 0 Å². The van der Waals surface area contributed by atoms with Gasteiger partial charge in [-0.1, -0.05) is 66.7 Å². The van der Waals surface area contributed by atoms with Crippen LogP contribution < -0.4 is 15.1 Å². The van der Waals surface area contributed by atoms with E-state index in [0.717, 1.165) is 16.0 Å². The standard InChI is InChI=1S/C26H21N3O4/c1-33-19-14-8-13-18(15-19)29-25(31)21-22(27-28-23(21)26(29)32)24(30)20(16-9-4-2-5-10-16)17-11-6-3-7-12-17/h2-15,20-21,23,28H,1H3/t21-,23-/m1/s1. The predicted molar refractivity (Wildman–Crippen MR) is 123 cm³/mol. The number of benzene rings is 3. The first-order valence-corrected chi connectivity index (χ1v) is 10.6. The molecule has 2 aliphatic heterocycles. The van der Waals surface area contributed by atoms with Crippen LogP contribution in [0, 0.1) is 5.92 Å². The molecule has 3 aromatic carbocycles. The quantitative estimate of drug-likeness (QED) is 0.597. The molecular formula is C26H21N3O4. The van der Waals surface area contributed by atoms with Crippen molar-refractivity contribution in [2.45, 2.75) is 12.0 Å². The molecule has 2 atom stereocenters. The molecule has 0 radical (unpaired) electrons. The average Bonchev–Trinajstić information content (AvgIpc) is 3.40. The first kappa shape index (κ1) is 20.6. The van der Waals surface area contributed by atoms with E-state index < -0.39 is 29.7 Å². The Bertz CT molecular complexity index is 1220. The summed E-state index contributed by atoms with van der Waals surface area (Å²) in [5, 5.41) is 4.18. The number of rotatable bonds is 6. The maximum Gasteiger partial charge on any atom is 0.259 e. The van der Waals surface area contributed by atoms with Gasteiger partial charge in [-0.2, -0.15) is 5.10 Å². The molecule has 7 heteroatoms. The fourth-order valence-corrected chi connectivity index (χ4v) is 4.43. The number of carbonyl (C=O) groups is 3. The third kappa shape index (κ3) is 3.47. The Morgan fingerprint density at radius 3 is 2.15 bits per heavy atom. The fourth-order valence-electron chi connectivity index (χ4n) is 4.43. The predicted octanol–water partition coefficient (Wildman–Crippen LogP) is 2.91. The van der Waals surface area contributed by atoms with Gasteiger partial charge in [-0.25, -0.2) is 4.90 Å². The Kier molecular flexibility index (Phi) is 5.22. The first-order chi connectivity index (χ1) is 16.1. The molecule has 1 fully saturated rings. The number of hydrogen-bond donors (Lipinski definition) is 1. The monoisotopic (exact) mass is 439 g/mol. The summed E-state index contributed by atoms with van der Waals surface area (Å²) in [6.07, 6.45) is 0. The second-order valence-electron chi connectivity index (χ2n) is 7.91. The van der Waals surface area contributed by atoms with Gasteiger partial charge in [0.25, 0.3) is 5.91 Å². The van der Waals surface area contributed by atoms with E-state index in [2.05, 4.69) is 10.5 Å². The number of imide groups is 1. The van der Waals surface area contributed by atoms with Crippen LogP contribution in [0.15, 0.2) is 90.0 Å². The lowest BCUT2D eigenvalue weighted by atomic mass is 9.82. The Labute approximate surface area is 190 Å². The van der Waals surface area contributed by atoms with Gasteiger partial charge in [-0.05, 0) is 23.3 Å². The highest BCUT2D eigenvalue weighted by molar-refractivity contribution is 6.50. The van der Waals surface area contributed by atoms with Gasteiger partial charge in [0.05, 0.1) is 18.7 Å². The van der Waals surface area contributed by atoms with E-state index in [1.54, 1.807) is 24.3 Å². The maximum atomic E-state index is 13.8. The molecule has 2 amide bonds. The zero-order valence-electron chi connectivity index (χ0n) is 17.8. The molecule has 0 spiro atoms. The second kappa shape index (κ2) is 8.35. The molecule has 7 nitrogen and oxygen atoms in total. The SMILES string of the molecule is COc1cccc(N2C(=O)[C@@H]3C(C(=O)C(c4ccccc4)c4ccccc4)=NN[C@H]3C2=O)c1. The summed E-state index contributed by atoms with van der Waals surface area (Å²) in [5.41, 5.74) is 4.79. The van der Waals surface area contributed by atoms with Gasteiger partial charge in [0.15, 0.2) is 5.78 Å². The minimum Gasteiger partial charge on any atom is -0.497 e. The van der Waals surface area contributed by atoms with Gasteiger partial charge < -0.3 is 4.74 Å². The topological polar surface area (TPSA) is 88.1 Å². The number of nitrogens with zero attached hydrogens (tertiary/aromatic N) is 2. The molecule has 2 aliphatic rings. The van der Waals surface area contributed by atoms with Crippen LogP contribution in [0.4, 0.5) is 5.69 Å². The Balaban J connectivity index is 1.51. The van der Waals surface area contributed by atoms with Crippen molar-refractivity contribution in [2.75, 3.05) is 12.0 Å². The average molecular weight is 439 g/mol. The van der Waals surface area contributed by atoms with Crippen LogP contribution in [0.2, 0.25) is 0 Å². The molecule has 1 saturated heterocycles. The molecule has 0 unspecified atom stereocenters. The number of hydrazone groups is 1. The van der Waals surface area contributed by atoms with Crippen molar-refractivity contribution in [1.82, 2.24) is 5.43 Å². The molecular weight excluding hydrogens is 418 g/mol. The number of hydrogen-bond acceptors (Lipinski definition) is 6.